The number of amides is 1. The van der Waals surface area contributed by atoms with Gasteiger partial charge in [0.05, 0.1) is 17.3 Å². The molecule has 39 heavy (non-hydrogen) atoms. The van der Waals surface area contributed by atoms with Gasteiger partial charge in [0, 0.05) is 41.1 Å². The molecule has 4 rings (SSSR count). The number of nitrogens with one attached hydrogen (secondary N) is 2. The van der Waals surface area contributed by atoms with Crippen molar-refractivity contribution in [3.8, 4) is 5.69 Å². The minimum atomic E-state index is -0.860. The Morgan fingerprint density at radius 2 is 1.64 bits per heavy atom. The largest absolute Gasteiger partial charge is 0.481 e. The van der Waals surface area contributed by atoms with E-state index in [-0.39, 0.29) is 6.54 Å². The summed E-state index contributed by atoms with van der Waals surface area (Å²) in [5.74, 6) is -1.46. The standard InChI is InChI=1S/C30H31ClN4O4/c1-19(29(36)37)25-8-5-7-11-28(25)32-16-22-12-14-24(15-13-22)35-18-23(20(2)34-35)17-33-30(38)39-21(3)26-9-4-6-10-27(26)31/h4-15,18-19,21,32H,16-17H2,1-3H3,(H,33,38)(H,36,37). The van der Waals surface area contributed by atoms with Crippen LogP contribution in [0.25, 0.3) is 5.69 Å². The Balaban J connectivity index is 1.34. The summed E-state index contributed by atoms with van der Waals surface area (Å²) in [5.41, 5.74) is 5.88. The number of rotatable bonds is 10. The number of hydrogen-bond acceptors (Lipinski definition) is 5. The van der Waals surface area contributed by atoms with E-state index in [2.05, 4.69) is 15.7 Å². The summed E-state index contributed by atoms with van der Waals surface area (Å²) in [6.45, 7) is 6.16. The number of aliphatic carboxylic acids is 1. The number of benzene rings is 3. The molecule has 0 bridgehead atoms. The molecule has 9 heteroatoms. The van der Waals surface area contributed by atoms with Crippen molar-refractivity contribution in [2.45, 2.75) is 45.9 Å². The van der Waals surface area contributed by atoms with E-state index >= 15 is 0 Å². The topological polar surface area (TPSA) is 105 Å². The minimum Gasteiger partial charge on any atom is -0.481 e. The van der Waals surface area contributed by atoms with Gasteiger partial charge in [-0.15, -0.1) is 0 Å². The summed E-state index contributed by atoms with van der Waals surface area (Å²) in [5, 5.41) is 20.7. The number of alkyl carbamates (subject to hydrolysis) is 1. The lowest BCUT2D eigenvalue weighted by molar-refractivity contribution is -0.138. The lowest BCUT2D eigenvalue weighted by atomic mass is 9.99. The average Bonchev–Trinajstić information content (AvgIpc) is 3.31. The molecule has 3 aromatic carbocycles. The van der Waals surface area contributed by atoms with Crippen molar-refractivity contribution in [1.29, 1.82) is 0 Å². The molecule has 0 spiro atoms. The summed E-state index contributed by atoms with van der Waals surface area (Å²) in [6, 6.07) is 22.6. The molecule has 2 atom stereocenters. The first-order valence-corrected chi connectivity index (χ1v) is 13.0. The van der Waals surface area contributed by atoms with Crippen LogP contribution < -0.4 is 10.6 Å². The molecule has 1 heterocycles. The minimum absolute atomic E-state index is 0.274. The lowest BCUT2D eigenvalue weighted by Crippen LogP contribution is -2.25. The van der Waals surface area contributed by atoms with Gasteiger partial charge >= 0.3 is 12.1 Å². The zero-order valence-electron chi connectivity index (χ0n) is 22.0. The molecular formula is C30H31ClN4O4. The summed E-state index contributed by atoms with van der Waals surface area (Å²) < 4.78 is 7.24. The van der Waals surface area contributed by atoms with Crippen LogP contribution in [0.3, 0.4) is 0 Å². The number of carbonyl (C=O) groups excluding carboxylic acids is 1. The van der Waals surface area contributed by atoms with Crippen molar-refractivity contribution in [3.05, 3.63) is 112 Å². The molecule has 4 aromatic rings. The second-order valence-electron chi connectivity index (χ2n) is 9.27. The third-order valence-electron chi connectivity index (χ3n) is 6.53. The molecule has 0 saturated heterocycles. The van der Waals surface area contributed by atoms with Gasteiger partial charge in [0.15, 0.2) is 0 Å². The molecular weight excluding hydrogens is 516 g/mol. The summed E-state index contributed by atoms with van der Waals surface area (Å²) in [4.78, 5) is 23.8. The van der Waals surface area contributed by atoms with Crippen LogP contribution >= 0.6 is 11.6 Å². The van der Waals surface area contributed by atoms with Gasteiger partial charge in [0.2, 0.25) is 0 Å². The van der Waals surface area contributed by atoms with Gasteiger partial charge in [-0.05, 0) is 56.2 Å². The van der Waals surface area contributed by atoms with Crippen LogP contribution in [0.15, 0.2) is 79.0 Å². The Morgan fingerprint density at radius 1 is 0.974 bits per heavy atom. The van der Waals surface area contributed by atoms with E-state index < -0.39 is 24.1 Å². The number of carboxylic acids is 1. The van der Waals surface area contributed by atoms with Crippen molar-refractivity contribution in [1.82, 2.24) is 15.1 Å². The molecule has 0 fully saturated rings. The van der Waals surface area contributed by atoms with Crippen LogP contribution in [-0.4, -0.2) is 26.9 Å². The second kappa shape index (κ2) is 12.5. The lowest BCUT2D eigenvalue weighted by Gasteiger charge is -2.15. The van der Waals surface area contributed by atoms with Gasteiger partial charge in [-0.1, -0.05) is 60.1 Å². The van der Waals surface area contributed by atoms with E-state index in [0.717, 1.165) is 39.3 Å². The molecule has 8 nitrogen and oxygen atoms in total. The van der Waals surface area contributed by atoms with Crippen molar-refractivity contribution in [3.63, 3.8) is 0 Å². The number of aryl methyl sites for hydroxylation is 1. The van der Waals surface area contributed by atoms with Crippen LogP contribution in [-0.2, 0) is 22.6 Å². The molecule has 0 radical (unpaired) electrons. The van der Waals surface area contributed by atoms with E-state index in [1.54, 1.807) is 24.6 Å². The quantitative estimate of drug-likeness (QED) is 0.206. The average molecular weight is 547 g/mol. The molecule has 1 aromatic heterocycles. The van der Waals surface area contributed by atoms with E-state index in [9.17, 15) is 14.7 Å². The molecule has 0 aliphatic heterocycles. The molecule has 0 aliphatic carbocycles. The number of anilines is 1. The maximum atomic E-state index is 12.4. The van der Waals surface area contributed by atoms with E-state index in [1.165, 1.54) is 0 Å². The fourth-order valence-corrected chi connectivity index (χ4v) is 4.46. The first kappa shape index (κ1) is 27.7. The second-order valence-corrected chi connectivity index (χ2v) is 9.68. The maximum Gasteiger partial charge on any atom is 0.408 e. The van der Waals surface area contributed by atoms with E-state index in [1.807, 2.05) is 79.9 Å². The predicted molar refractivity (Wildman–Crippen MR) is 151 cm³/mol. The monoisotopic (exact) mass is 546 g/mol. The van der Waals surface area contributed by atoms with Crippen LogP contribution in [0.1, 0.15) is 53.8 Å². The molecule has 202 valence electrons. The van der Waals surface area contributed by atoms with Gasteiger partial charge in [-0.3, -0.25) is 4.79 Å². The zero-order chi connectivity index (χ0) is 27.9. The van der Waals surface area contributed by atoms with E-state index in [4.69, 9.17) is 16.3 Å². The van der Waals surface area contributed by atoms with Crippen LogP contribution in [0.2, 0.25) is 5.02 Å². The maximum absolute atomic E-state index is 12.4. The van der Waals surface area contributed by atoms with Gasteiger partial charge in [-0.2, -0.15) is 5.10 Å². The SMILES string of the molecule is Cc1nn(-c2ccc(CNc3ccccc3C(C)C(=O)O)cc2)cc1CNC(=O)OC(C)c1ccccc1Cl. The number of ether oxygens (including phenoxy) is 1. The highest BCUT2D eigenvalue weighted by molar-refractivity contribution is 6.31. The van der Waals surface area contributed by atoms with Crippen molar-refractivity contribution in [2.24, 2.45) is 0 Å². The van der Waals surface area contributed by atoms with Crippen molar-refractivity contribution >= 4 is 29.4 Å². The Bertz CT molecular complexity index is 1450. The molecule has 0 saturated carbocycles. The number of carbonyl (C=O) groups is 2. The Labute approximate surface area is 232 Å². The summed E-state index contributed by atoms with van der Waals surface area (Å²) in [6.07, 6.45) is 0.861. The van der Waals surface area contributed by atoms with Crippen molar-refractivity contribution in [2.75, 3.05) is 5.32 Å². The molecule has 2 unspecified atom stereocenters. The number of hydrogen-bond donors (Lipinski definition) is 3. The number of nitrogens with zero attached hydrogens (tertiary/aromatic N) is 2. The highest BCUT2D eigenvalue weighted by Gasteiger charge is 2.17. The fourth-order valence-electron chi connectivity index (χ4n) is 4.17. The van der Waals surface area contributed by atoms with Gasteiger partial charge in [0.25, 0.3) is 0 Å². The smallest absolute Gasteiger partial charge is 0.408 e. The number of carboxylic acid groups (broad SMARTS) is 1. The molecule has 0 aliphatic rings. The van der Waals surface area contributed by atoms with Gasteiger partial charge in [-0.25, -0.2) is 9.48 Å². The summed E-state index contributed by atoms with van der Waals surface area (Å²) >= 11 is 6.19. The number of para-hydroxylation sites is 1. The highest BCUT2D eigenvalue weighted by atomic mass is 35.5. The van der Waals surface area contributed by atoms with Crippen molar-refractivity contribution < 1.29 is 19.4 Å². The summed E-state index contributed by atoms with van der Waals surface area (Å²) in [7, 11) is 0. The van der Waals surface area contributed by atoms with Gasteiger partial charge < -0.3 is 20.5 Å². The van der Waals surface area contributed by atoms with Crippen LogP contribution in [0, 0.1) is 6.92 Å². The number of aromatic nitrogens is 2. The van der Waals surface area contributed by atoms with Gasteiger partial charge in [0.1, 0.15) is 6.10 Å². The Kier molecular flexibility index (Phi) is 8.88. The Morgan fingerprint density at radius 3 is 2.33 bits per heavy atom. The fraction of sp³-hybridized carbons (Fsp3) is 0.233. The molecule has 1 amide bonds. The third kappa shape index (κ3) is 6.97. The highest BCUT2D eigenvalue weighted by Crippen LogP contribution is 2.26. The molecule has 3 N–H and O–H groups in total. The van der Waals surface area contributed by atoms with Crippen LogP contribution in [0.4, 0.5) is 10.5 Å². The Hall–Kier alpha value is -4.30. The zero-order valence-corrected chi connectivity index (χ0v) is 22.8. The normalized spacial score (nSPS) is 12.4. The first-order chi connectivity index (χ1) is 18.7. The third-order valence-corrected chi connectivity index (χ3v) is 6.88. The predicted octanol–water partition coefficient (Wildman–Crippen LogP) is 6.62. The first-order valence-electron chi connectivity index (χ1n) is 12.6. The number of halogens is 1. The van der Waals surface area contributed by atoms with Crippen LogP contribution in [0.5, 0.6) is 0 Å². The van der Waals surface area contributed by atoms with E-state index in [0.29, 0.717) is 11.6 Å².